The fourth-order valence-corrected chi connectivity index (χ4v) is 4.27. The SMILES string of the molecule is C=CCN[C@@H]1c2cc(-c3ccc(F)cc3)cnc2Sc2nc(-c3ccncc3)nn21. The van der Waals surface area contributed by atoms with Crippen molar-refractivity contribution in [2.45, 2.75) is 16.3 Å². The molecule has 148 valence electrons. The summed E-state index contributed by atoms with van der Waals surface area (Å²) in [5.74, 6) is 0.374. The molecule has 1 aliphatic heterocycles. The van der Waals surface area contributed by atoms with Gasteiger partial charge in [-0.3, -0.25) is 10.3 Å². The summed E-state index contributed by atoms with van der Waals surface area (Å²) >= 11 is 1.48. The monoisotopic (exact) mass is 416 g/mol. The first-order valence-electron chi connectivity index (χ1n) is 9.38. The molecule has 0 unspecified atom stereocenters. The van der Waals surface area contributed by atoms with Crippen LogP contribution in [-0.4, -0.2) is 31.3 Å². The van der Waals surface area contributed by atoms with Crippen LogP contribution in [0.1, 0.15) is 11.7 Å². The van der Waals surface area contributed by atoms with Gasteiger partial charge in [-0.2, -0.15) is 0 Å². The largest absolute Gasteiger partial charge is 0.288 e. The highest BCUT2D eigenvalue weighted by molar-refractivity contribution is 7.99. The Balaban J connectivity index is 1.58. The average molecular weight is 416 g/mol. The van der Waals surface area contributed by atoms with E-state index in [0.29, 0.717) is 12.4 Å². The van der Waals surface area contributed by atoms with Crippen LogP contribution in [0.3, 0.4) is 0 Å². The highest BCUT2D eigenvalue weighted by atomic mass is 32.2. The van der Waals surface area contributed by atoms with Gasteiger partial charge in [0.15, 0.2) is 11.0 Å². The summed E-state index contributed by atoms with van der Waals surface area (Å²) in [5.41, 5.74) is 3.71. The summed E-state index contributed by atoms with van der Waals surface area (Å²) in [4.78, 5) is 13.4. The first kappa shape index (κ1) is 18.7. The first-order chi connectivity index (χ1) is 14.7. The molecule has 0 amide bonds. The van der Waals surface area contributed by atoms with E-state index in [1.165, 1.54) is 23.9 Å². The lowest BCUT2D eigenvalue weighted by Crippen LogP contribution is -2.32. The van der Waals surface area contributed by atoms with Gasteiger partial charge in [-0.05, 0) is 47.7 Å². The van der Waals surface area contributed by atoms with Gasteiger partial charge >= 0.3 is 0 Å². The molecule has 30 heavy (non-hydrogen) atoms. The Bertz CT molecular complexity index is 1210. The normalized spacial score (nSPS) is 14.8. The second-order valence-electron chi connectivity index (χ2n) is 6.73. The van der Waals surface area contributed by atoms with Crippen molar-refractivity contribution in [2.75, 3.05) is 6.54 Å². The minimum Gasteiger partial charge on any atom is -0.288 e. The molecule has 0 radical (unpaired) electrons. The minimum atomic E-state index is -0.262. The number of benzene rings is 1. The zero-order valence-electron chi connectivity index (χ0n) is 15.9. The topological polar surface area (TPSA) is 68.5 Å². The number of fused-ring (bicyclic) bond motifs is 2. The molecule has 1 aromatic carbocycles. The van der Waals surface area contributed by atoms with Crippen molar-refractivity contribution in [2.24, 2.45) is 0 Å². The molecule has 4 heterocycles. The first-order valence-corrected chi connectivity index (χ1v) is 10.2. The zero-order chi connectivity index (χ0) is 20.5. The van der Waals surface area contributed by atoms with Crippen molar-refractivity contribution in [3.8, 4) is 22.5 Å². The van der Waals surface area contributed by atoms with Crippen LogP contribution in [0.25, 0.3) is 22.5 Å². The summed E-state index contributed by atoms with van der Waals surface area (Å²) in [6, 6.07) is 12.3. The standard InChI is InChI=1S/C22H17FN6S/c1-2-9-25-20-18-12-16(14-3-5-17(23)6-4-14)13-26-21(18)30-22-27-19(28-29(20)22)15-7-10-24-11-8-15/h2-8,10-13,20,25H,1,9H2/t20-/m0/s1. The maximum absolute atomic E-state index is 13.3. The van der Waals surface area contributed by atoms with Crippen LogP contribution in [0.15, 0.2) is 83.9 Å². The Morgan fingerprint density at radius 1 is 1.10 bits per heavy atom. The van der Waals surface area contributed by atoms with Gasteiger partial charge in [-0.1, -0.05) is 18.2 Å². The molecule has 0 spiro atoms. The number of nitrogens with one attached hydrogen (secondary N) is 1. The molecule has 1 N–H and O–H groups in total. The Kier molecular flexibility index (Phi) is 4.86. The molecular formula is C22H17FN6S. The van der Waals surface area contributed by atoms with Gasteiger partial charge in [-0.25, -0.2) is 19.0 Å². The van der Waals surface area contributed by atoms with Crippen LogP contribution >= 0.6 is 11.8 Å². The fraction of sp³-hybridized carbons (Fsp3) is 0.0909. The fourth-order valence-electron chi connectivity index (χ4n) is 3.33. The molecule has 8 heteroatoms. The van der Waals surface area contributed by atoms with Crippen molar-refractivity contribution in [1.82, 2.24) is 30.0 Å². The summed E-state index contributed by atoms with van der Waals surface area (Å²) in [7, 11) is 0. The van der Waals surface area contributed by atoms with Crippen LogP contribution in [0.4, 0.5) is 4.39 Å². The van der Waals surface area contributed by atoms with Gasteiger partial charge in [0, 0.05) is 41.8 Å². The van der Waals surface area contributed by atoms with E-state index in [2.05, 4.69) is 27.9 Å². The lowest BCUT2D eigenvalue weighted by atomic mass is 10.0. The Morgan fingerprint density at radius 3 is 2.67 bits per heavy atom. The molecule has 0 fully saturated rings. The van der Waals surface area contributed by atoms with Crippen LogP contribution in [-0.2, 0) is 0 Å². The maximum Gasteiger partial charge on any atom is 0.194 e. The molecule has 0 saturated carbocycles. The van der Waals surface area contributed by atoms with E-state index in [1.54, 1.807) is 36.8 Å². The van der Waals surface area contributed by atoms with Crippen molar-refractivity contribution in [3.63, 3.8) is 0 Å². The number of rotatable bonds is 5. The van der Waals surface area contributed by atoms with Crippen LogP contribution in [0, 0.1) is 5.82 Å². The minimum absolute atomic E-state index is 0.245. The van der Waals surface area contributed by atoms with Gasteiger partial charge in [0.1, 0.15) is 17.0 Å². The highest BCUT2D eigenvalue weighted by Gasteiger charge is 2.30. The predicted octanol–water partition coefficient (Wildman–Crippen LogP) is 4.33. The molecule has 6 nitrogen and oxygen atoms in total. The maximum atomic E-state index is 13.3. The molecule has 1 aliphatic rings. The van der Waals surface area contributed by atoms with E-state index in [9.17, 15) is 4.39 Å². The molecule has 5 rings (SSSR count). The summed E-state index contributed by atoms with van der Waals surface area (Å²) in [6.45, 7) is 4.41. The van der Waals surface area contributed by atoms with Crippen molar-refractivity contribution < 1.29 is 4.39 Å². The summed E-state index contributed by atoms with van der Waals surface area (Å²) in [6.07, 6.45) is 6.81. The third-order valence-electron chi connectivity index (χ3n) is 4.78. The average Bonchev–Trinajstić information content (AvgIpc) is 3.21. The highest BCUT2D eigenvalue weighted by Crippen LogP contribution is 2.40. The van der Waals surface area contributed by atoms with E-state index in [-0.39, 0.29) is 12.0 Å². The number of nitrogens with zero attached hydrogens (tertiary/aromatic N) is 5. The Hall–Kier alpha value is -3.36. The number of hydrogen-bond acceptors (Lipinski definition) is 6. The third kappa shape index (κ3) is 3.40. The summed E-state index contributed by atoms with van der Waals surface area (Å²) in [5, 5.41) is 9.83. The van der Waals surface area contributed by atoms with E-state index in [0.717, 1.165) is 32.4 Å². The molecule has 0 saturated heterocycles. The van der Waals surface area contributed by atoms with Crippen molar-refractivity contribution in [3.05, 3.63) is 85.1 Å². The van der Waals surface area contributed by atoms with Crippen molar-refractivity contribution in [1.29, 1.82) is 0 Å². The number of halogens is 1. The molecule has 4 aromatic rings. The van der Waals surface area contributed by atoms with Crippen LogP contribution < -0.4 is 5.32 Å². The van der Waals surface area contributed by atoms with Gasteiger partial charge in [0.25, 0.3) is 0 Å². The molecular weight excluding hydrogens is 399 g/mol. The molecule has 0 aliphatic carbocycles. The number of hydrogen-bond donors (Lipinski definition) is 1. The second kappa shape index (κ2) is 7.81. The van der Waals surface area contributed by atoms with Gasteiger partial charge in [0.2, 0.25) is 0 Å². The van der Waals surface area contributed by atoms with Gasteiger partial charge in [0.05, 0.1) is 0 Å². The predicted molar refractivity (Wildman–Crippen MR) is 113 cm³/mol. The second-order valence-corrected chi connectivity index (χ2v) is 7.68. The van der Waals surface area contributed by atoms with Crippen LogP contribution in [0.2, 0.25) is 0 Å². The number of aromatic nitrogens is 5. The van der Waals surface area contributed by atoms with E-state index < -0.39 is 0 Å². The Labute approximate surface area is 176 Å². The summed E-state index contributed by atoms with van der Waals surface area (Å²) < 4.78 is 15.2. The Morgan fingerprint density at radius 2 is 1.90 bits per heavy atom. The van der Waals surface area contributed by atoms with Crippen LogP contribution in [0.5, 0.6) is 0 Å². The third-order valence-corrected chi connectivity index (χ3v) is 5.77. The molecule has 1 atom stereocenters. The van der Waals surface area contributed by atoms with E-state index >= 15 is 0 Å². The van der Waals surface area contributed by atoms with Crippen molar-refractivity contribution >= 4 is 11.8 Å². The quantitative estimate of drug-likeness (QED) is 0.489. The van der Waals surface area contributed by atoms with E-state index in [4.69, 9.17) is 10.1 Å². The van der Waals surface area contributed by atoms with Gasteiger partial charge < -0.3 is 0 Å². The lowest BCUT2D eigenvalue weighted by molar-refractivity contribution is 0.402. The number of pyridine rings is 2. The zero-order valence-corrected chi connectivity index (χ0v) is 16.7. The van der Waals surface area contributed by atoms with E-state index in [1.807, 2.05) is 16.8 Å². The molecule has 3 aromatic heterocycles. The lowest BCUT2D eigenvalue weighted by Gasteiger charge is -2.26. The van der Waals surface area contributed by atoms with Gasteiger partial charge in [-0.15, -0.1) is 11.7 Å². The smallest absolute Gasteiger partial charge is 0.194 e. The molecule has 0 bridgehead atoms.